The fraction of sp³-hybridized carbons (Fsp3) is 0. The predicted molar refractivity (Wildman–Crippen MR) is 8.78 cm³/mol. The first kappa shape index (κ1) is 8.86. The SMILES string of the molecule is O=[N+]([O-])O.[Pt+2]. The molecule has 4 nitrogen and oxygen atoms in total. The Morgan fingerprint density at radius 3 is 1.80 bits per heavy atom. The van der Waals surface area contributed by atoms with Gasteiger partial charge < -0.3 is 5.21 Å². The maximum absolute atomic E-state index is 8.36. The van der Waals surface area contributed by atoms with Crippen molar-refractivity contribution in [2.24, 2.45) is 0 Å². The minimum atomic E-state index is -1.50. The van der Waals surface area contributed by atoms with E-state index in [2.05, 4.69) is 0 Å². The van der Waals surface area contributed by atoms with Gasteiger partial charge in [0.15, 0.2) is 0 Å². The zero-order chi connectivity index (χ0) is 3.58. The van der Waals surface area contributed by atoms with Gasteiger partial charge in [0.1, 0.15) is 0 Å². The van der Waals surface area contributed by atoms with Crippen LogP contribution in [0.2, 0.25) is 0 Å². The van der Waals surface area contributed by atoms with Gasteiger partial charge in [-0.05, 0) is 0 Å². The van der Waals surface area contributed by atoms with Gasteiger partial charge in [0.05, 0.1) is 0 Å². The summed E-state index contributed by atoms with van der Waals surface area (Å²) in [5.74, 6) is 0. The summed E-state index contributed by atoms with van der Waals surface area (Å²) in [5.41, 5.74) is 0. The molecule has 0 heterocycles. The largest absolute Gasteiger partial charge is 2.00 e. The summed E-state index contributed by atoms with van der Waals surface area (Å²) in [6.45, 7) is 0. The Balaban J connectivity index is 0. The van der Waals surface area contributed by atoms with E-state index in [0.29, 0.717) is 0 Å². The van der Waals surface area contributed by atoms with Crippen LogP contribution in [0.3, 0.4) is 0 Å². The molecule has 0 bridgehead atoms. The molecule has 5 heavy (non-hydrogen) atoms. The second kappa shape index (κ2) is 3.89. The number of hydrogen-bond acceptors (Lipinski definition) is 2. The summed E-state index contributed by atoms with van der Waals surface area (Å²) in [6, 6.07) is 0. The molecule has 0 aliphatic rings. The van der Waals surface area contributed by atoms with Crippen LogP contribution in [0.4, 0.5) is 0 Å². The van der Waals surface area contributed by atoms with Crippen molar-refractivity contribution in [3.63, 3.8) is 0 Å². The smallest absolute Gasteiger partial charge is 0.328 e. The van der Waals surface area contributed by atoms with Crippen molar-refractivity contribution in [2.75, 3.05) is 0 Å². The van der Waals surface area contributed by atoms with Gasteiger partial charge in [-0.1, -0.05) is 0 Å². The molecule has 5 heteroatoms. The Kier molecular flexibility index (Phi) is 6.89. The van der Waals surface area contributed by atoms with Gasteiger partial charge in [-0.2, -0.15) is 0 Å². The van der Waals surface area contributed by atoms with E-state index in [1.807, 2.05) is 0 Å². The van der Waals surface area contributed by atoms with Gasteiger partial charge in [0.2, 0.25) is 0 Å². The first-order chi connectivity index (χ1) is 1.73. The maximum atomic E-state index is 8.36. The van der Waals surface area contributed by atoms with E-state index in [1.165, 1.54) is 0 Å². The molecule has 0 radical (unpaired) electrons. The molecule has 0 unspecified atom stereocenters. The normalized spacial score (nSPS) is 4.80. The molecule has 0 aliphatic heterocycles. The topological polar surface area (TPSA) is 63.4 Å². The Hall–Kier alpha value is -0.112. The predicted octanol–water partition coefficient (Wildman–Crippen LogP) is -0.350. The van der Waals surface area contributed by atoms with E-state index in [1.54, 1.807) is 0 Å². The van der Waals surface area contributed by atoms with Gasteiger partial charge in [0.25, 0.3) is 5.09 Å². The van der Waals surface area contributed by atoms with Crippen LogP contribution in [0.5, 0.6) is 0 Å². The molecule has 0 saturated carbocycles. The number of nitrogens with zero attached hydrogens (tertiary/aromatic N) is 1. The summed E-state index contributed by atoms with van der Waals surface area (Å²) < 4.78 is 0. The van der Waals surface area contributed by atoms with Crippen molar-refractivity contribution < 1.29 is 31.4 Å². The molecule has 1 N–H and O–H groups in total. The first-order valence-corrected chi connectivity index (χ1v) is 0.565. The molecule has 0 fully saturated rings. The van der Waals surface area contributed by atoms with E-state index in [9.17, 15) is 0 Å². The van der Waals surface area contributed by atoms with Gasteiger partial charge >= 0.3 is 21.1 Å². The van der Waals surface area contributed by atoms with Crippen molar-refractivity contribution in [3.8, 4) is 0 Å². The Morgan fingerprint density at radius 1 is 1.80 bits per heavy atom. The monoisotopic (exact) mass is 258 g/mol. The van der Waals surface area contributed by atoms with Crippen LogP contribution in [0, 0.1) is 10.1 Å². The molecule has 0 aliphatic carbocycles. The molecular weight excluding hydrogens is 257 g/mol. The minimum absolute atomic E-state index is 0. The van der Waals surface area contributed by atoms with Gasteiger partial charge in [0, 0.05) is 0 Å². The molecule has 32 valence electrons. The van der Waals surface area contributed by atoms with Gasteiger partial charge in [-0.15, -0.1) is 10.1 Å². The zero-order valence-electron chi connectivity index (χ0n) is 2.03. The summed E-state index contributed by atoms with van der Waals surface area (Å²) in [5, 5.41) is 13.6. The standard InChI is InChI=1S/HNO3.Pt/c2-1(3)4;/h(H,2,3,4);/q;+2. The fourth-order valence-corrected chi connectivity index (χ4v) is 0. The Labute approximate surface area is 42.2 Å². The van der Waals surface area contributed by atoms with Crippen LogP contribution in [0.1, 0.15) is 0 Å². The molecule has 0 aromatic heterocycles. The van der Waals surface area contributed by atoms with Crippen molar-refractivity contribution >= 4 is 0 Å². The van der Waals surface area contributed by atoms with Crippen LogP contribution in [-0.4, -0.2) is 10.3 Å². The first-order valence-electron chi connectivity index (χ1n) is 0.565. The average molecular weight is 258 g/mol. The minimum Gasteiger partial charge on any atom is -0.328 e. The Morgan fingerprint density at radius 2 is 1.80 bits per heavy atom. The molecule has 0 amide bonds. The second-order valence-electron chi connectivity index (χ2n) is 0.238. The second-order valence-corrected chi connectivity index (χ2v) is 0.238. The number of rotatable bonds is 0. The molecule has 0 saturated heterocycles. The molecule has 0 spiro atoms. The summed E-state index contributed by atoms with van der Waals surface area (Å²) in [6.07, 6.45) is 0. The number of hydrogen-bond donors (Lipinski definition) is 1. The average Bonchev–Trinajstić information content (AvgIpc) is 0.811. The maximum Gasteiger partial charge on any atom is 2.00 e. The van der Waals surface area contributed by atoms with Crippen LogP contribution in [-0.2, 0) is 21.1 Å². The van der Waals surface area contributed by atoms with Crippen LogP contribution >= 0.6 is 0 Å². The summed E-state index contributed by atoms with van der Waals surface area (Å²) in [4.78, 5) is 8.36. The van der Waals surface area contributed by atoms with Crippen molar-refractivity contribution in [1.29, 1.82) is 0 Å². The molecule has 0 aromatic carbocycles. The van der Waals surface area contributed by atoms with Gasteiger partial charge in [-0.3, -0.25) is 0 Å². The van der Waals surface area contributed by atoms with Crippen LogP contribution < -0.4 is 0 Å². The van der Waals surface area contributed by atoms with Crippen molar-refractivity contribution in [3.05, 3.63) is 10.1 Å². The Bertz CT molecular complexity index is 29.9. The third kappa shape index (κ3) is 1110. The van der Waals surface area contributed by atoms with E-state index >= 15 is 0 Å². The molecule has 0 aromatic rings. The quantitative estimate of drug-likeness (QED) is 0.477. The van der Waals surface area contributed by atoms with Crippen molar-refractivity contribution in [1.82, 2.24) is 0 Å². The third-order valence-electron chi connectivity index (χ3n) is 0. The third-order valence-corrected chi connectivity index (χ3v) is 0. The van der Waals surface area contributed by atoms with Crippen LogP contribution in [0.25, 0.3) is 0 Å². The molecule has 0 rings (SSSR count). The van der Waals surface area contributed by atoms with E-state index in [4.69, 9.17) is 15.3 Å². The van der Waals surface area contributed by atoms with E-state index < -0.39 is 5.09 Å². The molecule has 0 atom stereocenters. The van der Waals surface area contributed by atoms with Crippen molar-refractivity contribution in [2.45, 2.75) is 0 Å². The summed E-state index contributed by atoms with van der Waals surface area (Å²) >= 11 is 0. The van der Waals surface area contributed by atoms with Crippen LogP contribution in [0.15, 0.2) is 0 Å². The summed E-state index contributed by atoms with van der Waals surface area (Å²) in [7, 11) is 0. The van der Waals surface area contributed by atoms with Gasteiger partial charge in [-0.25, -0.2) is 0 Å². The van der Waals surface area contributed by atoms with E-state index in [0.717, 1.165) is 0 Å². The van der Waals surface area contributed by atoms with E-state index in [-0.39, 0.29) is 21.1 Å². The fourth-order valence-electron chi connectivity index (χ4n) is 0. The molecular formula is HNO3Pt+2. The zero-order valence-corrected chi connectivity index (χ0v) is 4.30.